The van der Waals surface area contributed by atoms with E-state index in [1.165, 1.54) is 17.6 Å². The Hall–Kier alpha value is -3.78. The van der Waals surface area contributed by atoms with Crippen LogP contribution in [0.3, 0.4) is 0 Å². The number of hydrogen-bond acceptors (Lipinski definition) is 6. The monoisotopic (exact) mass is 421 g/mol. The molecule has 1 heterocycles. The molecule has 0 aliphatic heterocycles. The first-order chi connectivity index (χ1) is 14.4. The molecule has 3 rings (SSSR count). The van der Waals surface area contributed by atoms with Gasteiger partial charge in [0.05, 0.1) is 6.21 Å². The van der Waals surface area contributed by atoms with Crippen LogP contribution in [-0.4, -0.2) is 24.0 Å². The lowest BCUT2D eigenvalue weighted by Gasteiger charge is -2.08. The molecule has 30 heavy (non-hydrogen) atoms. The van der Waals surface area contributed by atoms with E-state index in [-0.39, 0.29) is 0 Å². The molecule has 2 amide bonds. The third-order valence-electron chi connectivity index (χ3n) is 4.02. The highest BCUT2D eigenvalue weighted by atomic mass is 32.1. The summed E-state index contributed by atoms with van der Waals surface area (Å²) in [5.41, 5.74) is 5.15. The van der Waals surface area contributed by atoms with Crippen molar-refractivity contribution in [3.63, 3.8) is 0 Å². The van der Waals surface area contributed by atoms with Crippen LogP contribution in [-0.2, 0) is 9.59 Å². The van der Waals surface area contributed by atoms with E-state index in [0.717, 1.165) is 11.1 Å². The lowest BCUT2D eigenvalue weighted by Crippen LogP contribution is -2.32. The molecule has 0 saturated carbocycles. The number of thiophene rings is 1. The summed E-state index contributed by atoms with van der Waals surface area (Å²) in [7, 11) is 0. The summed E-state index contributed by atoms with van der Waals surface area (Å²) < 4.78 is 5.31. The molecular weight excluding hydrogens is 402 g/mol. The highest BCUT2D eigenvalue weighted by Gasteiger charge is 2.14. The highest BCUT2D eigenvalue weighted by Crippen LogP contribution is 2.17. The summed E-state index contributed by atoms with van der Waals surface area (Å²) in [6.07, 6.45) is 1.35. The predicted octanol–water partition coefficient (Wildman–Crippen LogP) is 3.67. The van der Waals surface area contributed by atoms with Gasteiger partial charge in [0, 0.05) is 5.69 Å². The SMILES string of the molecule is Cc1ccc(C)c(NC(=O)C(=O)N/N=C/c2cccc(OC(=O)c3cccs3)c2)c1. The van der Waals surface area contributed by atoms with Gasteiger partial charge in [0.15, 0.2) is 0 Å². The molecule has 8 heteroatoms. The average molecular weight is 421 g/mol. The molecule has 0 radical (unpaired) electrons. The van der Waals surface area contributed by atoms with Gasteiger partial charge >= 0.3 is 17.8 Å². The smallest absolute Gasteiger partial charge is 0.353 e. The molecule has 152 valence electrons. The Bertz CT molecular complexity index is 1110. The first kappa shape index (κ1) is 20.9. The van der Waals surface area contributed by atoms with Gasteiger partial charge in [-0.05, 0) is 60.2 Å². The largest absolute Gasteiger partial charge is 0.422 e. The molecule has 0 atom stereocenters. The number of hydrazone groups is 1. The van der Waals surface area contributed by atoms with Crippen LogP contribution < -0.4 is 15.5 Å². The van der Waals surface area contributed by atoms with E-state index >= 15 is 0 Å². The van der Waals surface area contributed by atoms with Crippen LogP contribution in [0, 0.1) is 13.8 Å². The van der Waals surface area contributed by atoms with Crippen molar-refractivity contribution in [2.45, 2.75) is 13.8 Å². The summed E-state index contributed by atoms with van der Waals surface area (Å²) in [5, 5.41) is 8.14. The van der Waals surface area contributed by atoms with E-state index in [9.17, 15) is 14.4 Å². The maximum absolute atomic E-state index is 12.1. The Morgan fingerprint density at radius 2 is 1.83 bits per heavy atom. The number of benzene rings is 2. The van der Waals surface area contributed by atoms with Gasteiger partial charge in [0.25, 0.3) is 0 Å². The van der Waals surface area contributed by atoms with Crippen molar-refractivity contribution in [2.24, 2.45) is 5.10 Å². The minimum atomic E-state index is -0.896. The Morgan fingerprint density at radius 1 is 1.00 bits per heavy atom. The third-order valence-corrected chi connectivity index (χ3v) is 4.87. The molecular formula is C22H19N3O4S. The second kappa shape index (κ2) is 9.62. The number of aryl methyl sites for hydroxylation is 2. The van der Waals surface area contributed by atoms with Gasteiger partial charge in [0.2, 0.25) is 0 Å². The van der Waals surface area contributed by atoms with Gasteiger partial charge in [-0.2, -0.15) is 5.10 Å². The fraction of sp³-hybridized carbons (Fsp3) is 0.0909. The molecule has 0 saturated heterocycles. The van der Waals surface area contributed by atoms with Gasteiger partial charge < -0.3 is 10.1 Å². The number of ether oxygens (including phenoxy) is 1. The summed E-state index contributed by atoms with van der Waals surface area (Å²) in [6, 6.07) is 15.6. The zero-order valence-electron chi connectivity index (χ0n) is 16.3. The number of amides is 2. The van der Waals surface area contributed by atoms with Crippen LogP contribution in [0.15, 0.2) is 65.1 Å². The van der Waals surface area contributed by atoms with E-state index in [2.05, 4.69) is 15.8 Å². The molecule has 7 nitrogen and oxygen atoms in total. The Balaban J connectivity index is 1.56. The Morgan fingerprint density at radius 3 is 2.60 bits per heavy atom. The Kier molecular flexibility index (Phi) is 6.71. The lowest BCUT2D eigenvalue weighted by molar-refractivity contribution is -0.136. The van der Waals surface area contributed by atoms with E-state index in [1.54, 1.807) is 47.8 Å². The van der Waals surface area contributed by atoms with E-state index in [0.29, 0.717) is 21.9 Å². The van der Waals surface area contributed by atoms with Crippen molar-refractivity contribution in [3.8, 4) is 5.75 Å². The average Bonchev–Trinajstić information content (AvgIpc) is 3.26. The molecule has 0 bridgehead atoms. The van der Waals surface area contributed by atoms with E-state index in [1.807, 2.05) is 26.0 Å². The maximum atomic E-state index is 12.1. The van der Waals surface area contributed by atoms with Gasteiger partial charge in [-0.1, -0.05) is 30.3 Å². The van der Waals surface area contributed by atoms with Crippen LogP contribution in [0.2, 0.25) is 0 Å². The molecule has 1 aromatic heterocycles. The molecule has 0 aliphatic carbocycles. The zero-order chi connectivity index (χ0) is 21.5. The van der Waals surface area contributed by atoms with Gasteiger partial charge in [-0.25, -0.2) is 10.2 Å². The standard InChI is InChI=1S/C22H19N3O4S/c1-14-8-9-15(2)18(11-14)24-20(26)21(27)25-23-13-16-5-3-6-17(12-16)29-22(28)19-7-4-10-30-19/h3-13H,1-2H3,(H,24,26)(H,25,27)/b23-13+. The predicted molar refractivity (Wildman–Crippen MR) is 116 cm³/mol. The topological polar surface area (TPSA) is 96.9 Å². The fourth-order valence-corrected chi connectivity index (χ4v) is 3.07. The second-order valence-electron chi connectivity index (χ2n) is 6.41. The molecule has 0 aliphatic rings. The van der Waals surface area contributed by atoms with Crippen molar-refractivity contribution in [1.82, 2.24) is 5.43 Å². The highest BCUT2D eigenvalue weighted by molar-refractivity contribution is 7.12. The summed E-state index contributed by atoms with van der Waals surface area (Å²) in [4.78, 5) is 36.5. The van der Waals surface area contributed by atoms with Gasteiger partial charge in [-0.15, -0.1) is 11.3 Å². The molecule has 0 spiro atoms. The van der Waals surface area contributed by atoms with Crippen molar-refractivity contribution >= 4 is 41.0 Å². The summed E-state index contributed by atoms with van der Waals surface area (Å²) >= 11 is 1.29. The summed E-state index contributed by atoms with van der Waals surface area (Å²) in [5.74, 6) is -1.82. The molecule has 0 unspecified atom stereocenters. The number of carbonyl (C=O) groups excluding carboxylic acids is 3. The van der Waals surface area contributed by atoms with E-state index in [4.69, 9.17) is 4.74 Å². The number of carbonyl (C=O) groups is 3. The number of nitrogens with zero attached hydrogens (tertiary/aromatic N) is 1. The van der Waals surface area contributed by atoms with Crippen LogP contribution >= 0.6 is 11.3 Å². The van der Waals surface area contributed by atoms with Gasteiger partial charge in [-0.3, -0.25) is 9.59 Å². The number of rotatable bonds is 5. The van der Waals surface area contributed by atoms with Crippen molar-refractivity contribution < 1.29 is 19.1 Å². The molecule has 2 N–H and O–H groups in total. The van der Waals surface area contributed by atoms with Crippen molar-refractivity contribution in [1.29, 1.82) is 0 Å². The van der Waals surface area contributed by atoms with Gasteiger partial charge in [0.1, 0.15) is 10.6 Å². The normalized spacial score (nSPS) is 10.6. The summed E-state index contributed by atoms with van der Waals surface area (Å²) in [6.45, 7) is 3.73. The minimum absolute atomic E-state index is 0.344. The number of esters is 1. The Labute approximate surface area is 177 Å². The second-order valence-corrected chi connectivity index (χ2v) is 7.36. The van der Waals surface area contributed by atoms with Crippen molar-refractivity contribution in [3.05, 3.63) is 81.5 Å². The molecule has 2 aromatic carbocycles. The minimum Gasteiger partial charge on any atom is -0.422 e. The van der Waals surface area contributed by atoms with Crippen LogP contribution in [0.4, 0.5) is 5.69 Å². The van der Waals surface area contributed by atoms with Crippen LogP contribution in [0.5, 0.6) is 5.75 Å². The third kappa shape index (κ3) is 5.62. The lowest BCUT2D eigenvalue weighted by atomic mass is 10.1. The number of hydrogen-bond donors (Lipinski definition) is 2. The number of anilines is 1. The van der Waals surface area contributed by atoms with Crippen molar-refractivity contribution in [2.75, 3.05) is 5.32 Å². The fourth-order valence-electron chi connectivity index (χ4n) is 2.48. The van der Waals surface area contributed by atoms with E-state index < -0.39 is 17.8 Å². The maximum Gasteiger partial charge on any atom is 0.353 e. The number of nitrogens with one attached hydrogen (secondary N) is 2. The van der Waals surface area contributed by atoms with Crippen LogP contribution in [0.25, 0.3) is 0 Å². The molecule has 3 aromatic rings. The first-order valence-electron chi connectivity index (χ1n) is 9.00. The first-order valence-corrected chi connectivity index (χ1v) is 9.88. The quantitative estimate of drug-likeness (QED) is 0.216. The molecule has 0 fully saturated rings. The van der Waals surface area contributed by atoms with Crippen LogP contribution in [0.1, 0.15) is 26.4 Å². The zero-order valence-corrected chi connectivity index (χ0v) is 17.2.